The molecule has 0 saturated heterocycles. The Morgan fingerprint density at radius 2 is 1.82 bits per heavy atom. The van der Waals surface area contributed by atoms with Gasteiger partial charge in [0.15, 0.2) is 0 Å². The van der Waals surface area contributed by atoms with Gasteiger partial charge in [0.2, 0.25) is 0 Å². The van der Waals surface area contributed by atoms with Crippen LogP contribution in [0.25, 0.3) is 10.9 Å². The lowest BCUT2D eigenvalue weighted by Crippen LogP contribution is -2.34. The van der Waals surface area contributed by atoms with Gasteiger partial charge in [-0.3, -0.25) is 9.48 Å². The molecule has 1 aromatic carbocycles. The van der Waals surface area contributed by atoms with Gasteiger partial charge in [0.25, 0.3) is 5.91 Å². The molecule has 0 atom stereocenters. The van der Waals surface area contributed by atoms with Gasteiger partial charge in [-0.1, -0.05) is 18.2 Å². The molecule has 0 aliphatic heterocycles. The Morgan fingerprint density at radius 3 is 2.47 bits per heavy atom. The summed E-state index contributed by atoms with van der Waals surface area (Å²) in [5.41, 5.74) is 3.55. The highest BCUT2D eigenvalue weighted by Gasteiger charge is 2.24. The van der Waals surface area contributed by atoms with E-state index < -0.39 is 0 Å². The first-order valence-electron chi connectivity index (χ1n) is 12.3. The second-order valence-corrected chi connectivity index (χ2v) is 10.8. The number of aryl methyl sites for hydroxylation is 1. The van der Waals surface area contributed by atoms with Gasteiger partial charge in [0.1, 0.15) is 11.5 Å². The number of hydrogen-bond acceptors (Lipinski definition) is 5. The second-order valence-electron chi connectivity index (χ2n) is 10.8. The SMILES string of the molecule is Cc1cc(C(=O)NCC2CCC(Nc3cc(N(C)C)c4ccccc4n3)CC2)nn1C(C)(C)C. The molecule has 0 spiro atoms. The van der Waals surface area contributed by atoms with Crippen LogP contribution in [0.5, 0.6) is 0 Å². The Morgan fingerprint density at radius 1 is 1.12 bits per heavy atom. The maximum absolute atomic E-state index is 12.7. The van der Waals surface area contributed by atoms with Crippen molar-refractivity contribution in [2.24, 2.45) is 5.92 Å². The normalized spacial score (nSPS) is 18.6. The number of para-hydroxylation sites is 1. The summed E-state index contributed by atoms with van der Waals surface area (Å²) in [5, 5.41) is 12.5. The molecule has 1 amide bonds. The molecule has 1 fully saturated rings. The van der Waals surface area contributed by atoms with Crippen LogP contribution >= 0.6 is 0 Å². The third kappa shape index (κ3) is 5.34. The van der Waals surface area contributed by atoms with Crippen LogP contribution in [0.4, 0.5) is 11.5 Å². The lowest BCUT2D eigenvalue weighted by atomic mass is 9.86. The second kappa shape index (κ2) is 9.65. The summed E-state index contributed by atoms with van der Waals surface area (Å²) in [5.74, 6) is 1.35. The van der Waals surface area contributed by atoms with E-state index in [-0.39, 0.29) is 11.4 Å². The number of aromatic nitrogens is 3. The first-order chi connectivity index (χ1) is 16.1. The summed E-state index contributed by atoms with van der Waals surface area (Å²) < 4.78 is 1.92. The number of rotatable bonds is 6. The predicted molar refractivity (Wildman–Crippen MR) is 140 cm³/mol. The van der Waals surface area contributed by atoms with E-state index in [2.05, 4.69) is 79.8 Å². The number of carbonyl (C=O) groups is 1. The fourth-order valence-corrected chi connectivity index (χ4v) is 4.91. The minimum absolute atomic E-state index is 0.0806. The van der Waals surface area contributed by atoms with Crippen molar-refractivity contribution in [3.63, 3.8) is 0 Å². The van der Waals surface area contributed by atoms with Crippen molar-refractivity contribution in [3.8, 4) is 0 Å². The van der Waals surface area contributed by atoms with Crippen LogP contribution in [0.3, 0.4) is 0 Å². The van der Waals surface area contributed by atoms with Crippen molar-refractivity contribution in [3.05, 3.63) is 47.8 Å². The molecule has 1 aliphatic rings. The van der Waals surface area contributed by atoms with Crippen LogP contribution in [-0.4, -0.2) is 47.4 Å². The van der Waals surface area contributed by atoms with Crippen molar-refractivity contribution >= 4 is 28.3 Å². The monoisotopic (exact) mass is 462 g/mol. The highest BCUT2D eigenvalue weighted by Crippen LogP contribution is 2.30. The van der Waals surface area contributed by atoms with Gasteiger partial charge in [-0.05, 0) is 71.4 Å². The van der Waals surface area contributed by atoms with Gasteiger partial charge in [0, 0.05) is 49.5 Å². The fraction of sp³-hybridized carbons (Fsp3) is 0.519. The Hall–Kier alpha value is -3.09. The highest BCUT2D eigenvalue weighted by atomic mass is 16.1. The standard InChI is InChI=1S/C27H38N6O/c1-18-15-23(31-33(18)27(2,3)4)26(34)28-17-19-11-13-20(14-12-19)29-25-16-24(32(5)6)21-9-7-8-10-22(21)30-25/h7-10,15-16,19-20H,11-14,17H2,1-6H3,(H,28,34)(H,29,30). The smallest absolute Gasteiger partial charge is 0.271 e. The van der Waals surface area contributed by atoms with Crippen molar-refractivity contribution < 1.29 is 4.79 Å². The van der Waals surface area contributed by atoms with Gasteiger partial charge in [0.05, 0.1) is 11.1 Å². The average Bonchev–Trinajstić information content (AvgIpc) is 3.20. The van der Waals surface area contributed by atoms with Crippen LogP contribution in [0.1, 0.15) is 62.6 Å². The molecule has 0 radical (unpaired) electrons. The topological polar surface area (TPSA) is 75.1 Å². The molecule has 34 heavy (non-hydrogen) atoms. The van der Waals surface area contributed by atoms with Gasteiger partial charge in [-0.15, -0.1) is 0 Å². The van der Waals surface area contributed by atoms with Gasteiger partial charge >= 0.3 is 0 Å². The third-order valence-corrected chi connectivity index (χ3v) is 6.68. The third-order valence-electron chi connectivity index (χ3n) is 6.68. The quantitative estimate of drug-likeness (QED) is 0.541. The van der Waals surface area contributed by atoms with E-state index in [1.165, 1.54) is 11.1 Å². The molecule has 2 N–H and O–H groups in total. The largest absolute Gasteiger partial charge is 0.377 e. The van der Waals surface area contributed by atoms with Crippen LogP contribution in [0, 0.1) is 12.8 Å². The summed E-state index contributed by atoms with van der Waals surface area (Å²) >= 11 is 0. The summed E-state index contributed by atoms with van der Waals surface area (Å²) in [6.07, 6.45) is 4.32. The van der Waals surface area contributed by atoms with Crippen molar-refractivity contribution in [2.45, 2.75) is 65.0 Å². The molecular formula is C27H38N6O. The molecule has 1 aliphatic carbocycles. The van der Waals surface area contributed by atoms with Crippen LogP contribution in [0.2, 0.25) is 0 Å². The lowest BCUT2D eigenvalue weighted by molar-refractivity contribution is 0.0936. The van der Waals surface area contributed by atoms with Crippen molar-refractivity contribution in [1.29, 1.82) is 0 Å². The maximum Gasteiger partial charge on any atom is 0.271 e. The summed E-state index contributed by atoms with van der Waals surface area (Å²) in [6, 6.07) is 12.7. The summed E-state index contributed by atoms with van der Waals surface area (Å²) in [4.78, 5) is 19.7. The molecule has 4 rings (SSSR count). The van der Waals surface area contributed by atoms with E-state index in [1.54, 1.807) is 0 Å². The van der Waals surface area contributed by atoms with E-state index in [0.29, 0.717) is 24.2 Å². The number of anilines is 2. The van der Waals surface area contributed by atoms with Crippen LogP contribution in [-0.2, 0) is 5.54 Å². The van der Waals surface area contributed by atoms with Crippen molar-refractivity contribution in [1.82, 2.24) is 20.1 Å². The zero-order valence-electron chi connectivity index (χ0n) is 21.4. The first-order valence-corrected chi connectivity index (χ1v) is 12.3. The van der Waals surface area contributed by atoms with E-state index >= 15 is 0 Å². The molecule has 2 heterocycles. The zero-order valence-corrected chi connectivity index (χ0v) is 21.4. The molecule has 3 aromatic rings. The van der Waals surface area contributed by atoms with Crippen molar-refractivity contribution in [2.75, 3.05) is 30.9 Å². The number of nitrogens with zero attached hydrogens (tertiary/aromatic N) is 4. The number of pyridine rings is 1. The maximum atomic E-state index is 12.7. The number of benzene rings is 1. The number of fused-ring (bicyclic) bond motifs is 1. The molecule has 1 saturated carbocycles. The first kappa shape index (κ1) is 24.0. The van der Waals surface area contributed by atoms with E-state index in [0.717, 1.165) is 42.7 Å². The predicted octanol–water partition coefficient (Wildman–Crippen LogP) is 4.96. The van der Waals surface area contributed by atoms with E-state index in [9.17, 15) is 4.79 Å². The average molecular weight is 463 g/mol. The Bertz CT molecular complexity index is 1150. The Balaban J connectivity index is 1.31. The minimum atomic E-state index is -0.138. The fourth-order valence-electron chi connectivity index (χ4n) is 4.91. The van der Waals surface area contributed by atoms with E-state index in [4.69, 9.17) is 4.98 Å². The molecule has 7 heteroatoms. The van der Waals surface area contributed by atoms with Crippen LogP contribution < -0.4 is 15.5 Å². The number of hydrogen-bond donors (Lipinski definition) is 2. The molecule has 0 bridgehead atoms. The zero-order chi connectivity index (χ0) is 24.5. The lowest BCUT2D eigenvalue weighted by Gasteiger charge is -2.30. The molecule has 2 aromatic heterocycles. The molecular weight excluding hydrogens is 424 g/mol. The summed E-state index contributed by atoms with van der Waals surface area (Å²) in [7, 11) is 4.14. The summed E-state index contributed by atoms with van der Waals surface area (Å²) in [6.45, 7) is 8.98. The number of nitrogens with one attached hydrogen (secondary N) is 2. The molecule has 0 unspecified atom stereocenters. The number of amides is 1. The minimum Gasteiger partial charge on any atom is -0.377 e. The Kier molecular flexibility index (Phi) is 6.82. The highest BCUT2D eigenvalue weighted by molar-refractivity contribution is 5.93. The van der Waals surface area contributed by atoms with E-state index in [1.807, 2.05) is 23.7 Å². The van der Waals surface area contributed by atoms with Gasteiger partial charge in [-0.25, -0.2) is 4.98 Å². The molecule has 7 nitrogen and oxygen atoms in total. The van der Waals surface area contributed by atoms with Crippen LogP contribution in [0.15, 0.2) is 36.4 Å². The van der Waals surface area contributed by atoms with Gasteiger partial charge in [-0.2, -0.15) is 5.10 Å². The molecule has 182 valence electrons. The Labute approximate surface area is 202 Å². The number of carbonyl (C=O) groups excluding carboxylic acids is 1. The van der Waals surface area contributed by atoms with Gasteiger partial charge < -0.3 is 15.5 Å².